The van der Waals surface area contributed by atoms with E-state index in [-0.39, 0.29) is 20.7 Å². The monoisotopic (exact) mass is 446 g/mol. The molecule has 0 amide bonds. The Bertz CT molecular complexity index is 1090. The van der Waals surface area contributed by atoms with Crippen LogP contribution in [0.5, 0.6) is 0 Å². The number of benzene rings is 2. The zero-order valence-corrected chi connectivity index (χ0v) is 16.9. The van der Waals surface area contributed by atoms with Gasteiger partial charge in [0.25, 0.3) is 10.0 Å². The van der Waals surface area contributed by atoms with Crippen LogP contribution in [0.3, 0.4) is 0 Å². The number of aliphatic hydroxyl groups excluding tert-OH is 1. The van der Waals surface area contributed by atoms with Gasteiger partial charge in [0, 0.05) is 17.2 Å². The lowest BCUT2D eigenvalue weighted by atomic mass is 10.1. The maximum absolute atomic E-state index is 13.3. The highest BCUT2D eigenvalue weighted by molar-refractivity contribution is 7.94. The van der Waals surface area contributed by atoms with Crippen molar-refractivity contribution in [3.63, 3.8) is 0 Å². The molecule has 1 heterocycles. The van der Waals surface area contributed by atoms with E-state index < -0.39 is 21.9 Å². The molecule has 5 nitrogen and oxygen atoms in total. The first-order valence-corrected chi connectivity index (χ1v) is 10.6. The van der Waals surface area contributed by atoms with E-state index in [1.807, 2.05) is 0 Å². The van der Waals surface area contributed by atoms with Crippen LogP contribution in [-0.2, 0) is 10.0 Å². The van der Waals surface area contributed by atoms with Crippen LogP contribution in [0.25, 0.3) is 0 Å². The average molecular weight is 447 g/mol. The van der Waals surface area contributed by atoms with E-state index in [4.69, 9.17) is 23.4 Å². The predicted octanol–water partition coefficient (Wildman–Crippen LogP) is 4.67. The Morgan fingerprint density at radius 3 is 2.63 bits per heavy atom. The van der Waals surface area contributed by atoms with Crippen LogP contribution >= 0.6 is 34.7 Å². The van der Waals surface area contributed by atoms with Crippen molar-refractivity contribution in [3.05, 3.63) is 75.5 Å². The first kappa shape index (κ1) is 20.0. The van der Waals surface area contributed by atoms with Gasteiger partial charge in [0.15, 0.2) is 0 Å². The largest absolute Gasteiger partial charge is 0.382 e. The highest BCUT2D eigenvalue weighted by Gasteiger charge is 2.28. The van der Waals surface area contributed by atoms with Gasteiger partial charge in [0.1, 0.15) is 11.9 Å². The summed E-state index contributed by atoms with van der Waals surface area (Å²) in [6.07, 6.45) is -1.21. The molecule has 0 saturated carbocycles. The normalized spacial score (nSPS) is 12.8. The van der Waals surface area contributed by atoms with E-state index in [1.54, 1.807) is 25.1 Å². The van der Waals surface area contributed by atoms with Crippen molar-refractivity contribution in [2.45, 2.75) is 17.9 Å². The Morgan fingerprint density at radius 2 is 1.96 bits per heavy atom. The van der Waals surface area contributed by atoms with E-state index in [2.05, 4.69) is 4.98 Å². The molecule has 2 aromatic carbocycles. The Morgan fingerprint density at radius 1 is 1.26 bits per heavy atom. The van der Waals surface area contributed by atoms with Crippen molar-refractivity contribution in [1.82, 2.24) is 4.98 Å². The molecule has 0 spiro atoms. The molecular formula is C17H13Cl2FN2O3S2. The van der Waals surface area contributed by atoms with Crippen LogP contribution in [-0.4, -0.2) is 18.5 Å². The molecular weight excluding hydrogens is 434 g/mol. The molecule has 0 aliphatic carbocycles. The Balaban J connectivity index is 1.90. The molecule has 0 saturated heterocycles. The molecule has 0 aliphatic heterocycles. The van der Waals surface area contributed by atoms with Crippen LogP contribution in [0.2, 0.25) is 5.02 Å². The van der Waals surface area contributed by atoms with Gasteiger partial charge in [-0.1, -0.05) is 35.9 Å². The Labute approximate surface area is 169 Å². The molecule has 0 fully saturated rings. The summed E-state index contributed by atoms with van der Waals surface area (Å²) in [6, 6.07) is 10.2. The highest BCUT2D eigenvalue weighted by Crippen LogP contribution is 2.33. The molecule has 1 unspecified atom stereocenters. The molecule has 0 aliphatic rings. The summed E-state index contributed by atoms with van der Waals surface area (Å²) in [5, 5.41) is 11.7. The number of sulfonamides is 1. The summed E-state index contributed by atoms with van der Waals surface area (Å²) in [7, 11) is -4.02. The van der Waals surface area contributed by atoms with Gasteiger partial charge in [-0.2, -0.15) is 8.42 Å². The molecule has 3 aromatic rings. The lowest BCUT2D eigenvalue weighted by molar-refractivity contribution is 0.216. The second kappa shape index (κ2) is 7.73. The third kappa shape index (κ3) is 3.95. The molecule has 1 atom stereocenters. The second-order valence-corrected chi connectivity index (χ2v) is 9.15. The van der Waals surface area contributed by atoms with Crippen molar-refractivity contribution in [2.24, 2.45) is 0 Å². The minimum Gasteiger partial charge on any atom is -0.382 e. The number of nitrogens with zero attached hydrogens (tertiary/aromatic N) is 2. The molecule has 0 bridgehead atoms. The van der Waals surface area contributed by atoms with Crippen LogP contribution in [0.15, 0.2) is 52.7 Å². The number of rotatable bonds is 5. The number of hydrogen-bond donors (Lipinski definition) is 1. The fraction of sp³-hybridized carbons (Fsp3) is 0.118. The van der Waals surface area contributed by atoms with Crippen molar-refractivity contribution in [3.8, 4) is 0 Å². The highest BCUT2D eigenvalue weighted by atomic mass is 35.5. The molecule has 142 valence electrons. The quantitative estimate of drug-likeness (QED) is 0.577. The fourth-order valence-corrected chi connectivity index (χ4v) is 5.16. The zero-order valence-electron chi connectivity index (χ0n) is 13.8. The van der Waals surface area contributed by atoms with Crippen LogP contribution < -0.4 is 3.82 Å². The van der Waals surface area contributed by atoms with Gasteiger partial charge in [-0.3, -0.25) is 0 Å². The minimum absolute atomic E-state index is 0.0258. The lowest BCUT2D eigenvalue weighted by Crippen LogP contribution is -2.22. The van der Waals surface area contributed by atoms with E-state index >= 15 is 0 Å². The zero-order chi connectivity index (χ0) is 19.8. The molecule has 3 rings (SSSR count). The van der Waals surface area contributed by atoms with E-state index in [9.17, 15) is 17.9 Å². The van der Waals surface area contributed by atoms with Gasteiger partial charge in [0.05, 0.1) is 15.6 Å². The van der Waals surface area contributed by atoms with E-state index in [1.165, 1.54) is 23.6 Å². The Hall–Kier alpha value is -1.71. The third-order valence-electron chi connectivity index (χ3n) is 3.78. The smallest absolute Gasteiger partial charge is 0.280 e. The average Bonchev–Trinajstić information content (AvgIpc) is 3.13. The topological polar surface area (TPSA) is 70.5 Å². The van der Waals surface area contributed by atoms with Gasteiger partial charge < -0.3 is 5.11 Å². The molecule has 10 heteroatoms. The van der Waals surface area contributed by atoms with Gasteiger partial charge in [-0.25, -0.2) is 9.37 Å². The minimum atomic E-state index is -4.02. The maximum atomic E-state index is 13.3. The SMILES string of the molecule is Cc1ccccc1S(=O)(=O)N(Cl)c1nc(C(O)c2ccc(F)c(Cl)c2)cs1. The second-order valence-electron chi connectivity index (χ2n) is 5.62. The summed E-state index contributed by atoms with van der Waals surface area (Å²) in [4.78, 5) is 4.16. The summed E-state index contributed by atoms with van der Waals surface area (Å²) < 4.78 is 39.3. The summed E-state index contributed by atoms with van der Waals surface area (Å²) in [6.45, 7) is 1.66. The maximum Gasteiger partial charge on any atom is 0.280 e. The van der Waals surface area contributed by atoms with Crippen molar-refractivity contribution >= 4 is 49.9 Å². The summed E-state index contributed by atoms with van der Waals surface area (Å²) in [5.74, 6) is -0.608. The number of aliphatic hydroxyl groups is 1. The molecule has 1 aromatic heterocycles. The number of aromatic nitrogens is 1. The molecule has 0 radical (unpaired) electrons. The van der Waals surface area contributed by atoms with Crippen molar-refractivity contribution < 1.29 is 17.9 Å². The van der Waals surface area contributed by atoms with Gasteiger partial charge in [-0.05, 0) is 36.2 Å². The van der Waals surface area contributed by atoms with Gasteiger partial charge >= 0.3 is 0 Å². The number of anilines is 1. The van der Waals surface area contributed by atoms with Crippen molar-refractivity contribution in [2.75, 3.05) is 3.82 Å². The number of halogens is 3. The number of thiazole rings is 1. The first-order chi connectivity index (χ1) is 12.7. The molecule has 1 N–H and O–H groups in total. The Kier molecular flexibility index (Phi) is 5.73. The third-order valence-corrected chi connectivity index (χ3v) is 7.45. The standard InChI is InChI=1S/C17H13Cl2FN2O3S2/c1-10-4-2-3-5-15(10)27(24,25)22(19)17-21-14(9-26-17)16(23)11-6-7-13(20)12(18)8-11/h2-9,16,23H,1H3. The molecule has 27 heavy (non-hydrogen) atoms. The number of hydrogen-bond acceptors (Lipinski definition) is 5. The predicted molar refractivity (Wildman–Crippen MR) is 104 cm³/mol. The van der Waals surface area contributed by atoms with Crippen LogP contribution in [0, 0.1) is 12.7 Å². The van der Waals surface area contributed by atoms with E-state index in [0.29, 0.717) is 15.0 Å². The van der Waals surface area contributed by atoms with E-state index in [0.717, 1.165) is 17.4 Å². The first-order valence-electron chi connectivity index (χ1n) is 7.57. The van der Waals surface area contributed by atoms with Gasteiger partial charge in [0.2, 0.25) is 5.13 Å². The summed E-state index contributed by atoms with van der Waals surface area (Å²) in [5.41, 5.74) is 1.03. The van der Waals surface area contributed by atoms with Crippen LogP contribution in [0.1, 0.15) is 22.9 Å². The van der Waals surface area contributed by atoms with Gasteiger partial charge in [-0.15, -0.1) is 15.2 Å². The van der Waals surface area contributed by atoms with Crippen molar-refractivity contribution in [1.29, 1.82) is 0 Å². The summed E-state index contributed by atoms with van der Waals surface area (Å²) >= 11 is 12.7. The van der Waals surface area contributed by atoms with Crippen LogP contribution in [0.4, 0.5) is 9.52 Å². The fourth-order valence-electron chi connectivity index (χ4n) is 2.37. The lowest BCUT2D eigenvalue weighted by Gasteiger charge is -2.14. The number of aryl methyl sites for hydroxylation is 1.